The van der Waals surface area contributed by atoms with Gasteiger partial charge < -0.3 is 15.7 Å². The predicted molar refractivity (Wildman–Crippen MR) is 74.2 cm³/mol. The van der Waals surface area contributed by atoms with Crippen LogP contribution in [0.2, 0.25) is 0 Å². The maximum Gasteiger partial charge on any atom is 0.226 e. The maximum absolute atomic E-state index is 9.33. The third-order valence-electron chi connectivity index (χ3n) is 3.11. The van der Waals surface area contributed by atoms with Gasteiger partial charge in [0.15, 0.2) is 0 Å². The molecule has 0 bridgehead atoms. The summed E-state index contributed by atoms with van der Waals surface area (Å²) in [6.07, 6.45) is 1.44. The van der Waals surface area contributed by atoms with E-state index < -0.39 is 0 Å². The second-order valence-electron chi connectivity index (χ2n) is 4.53. The van der Waals surface area contributed by atoms with E-state index >= 15 is 0 Å². The molecular formula is C12H16N4OS. The van der Waals surface area contributed by atoms with Crippen LogP contribution in [0, 0.1) is 0 Å². The van der Waals surface area contributed by atoms with E-state index in [1.807, 2.05) is 18.4 Å². The summed E-state index contributed by atoms with van der Waals surface area (Å²) in [5, 5.41) is 18.9. The highest BCUT2D eigenvalue weighted by atomic mass is 32.1. The van der Waals surface area contributed by atoms with Gasteiger partial charge >= 0.3 is 0 Å². The van der Waals surface area contributed by atoms with Crippen LogP contribution < -0.4 is 10.6 Å². The van der Waals surface area contributed by atoms with E-state index in [-0.39, 0.29) is 6.10 Å². The van der Waals surface area contributed by atoms with Crippen LogP contribution in [0.15, 0.2) is 11.4 Å². The Labute approximate surface area is 109 Å². The second-order valence-corrected chi connectivity index (χ2v) is 5.43. The number of anilines is 2. The minimum Gasteiger partial charge on any atom is -0.393 e. The molecule has 1 fully saturated rings. The second kappa shape index (κ2) is 4.70. The number of nitrogens with zero attached hydrogens (tertiary/aromatic N) is 2. The first-order chi connectivity index (χ1) is 8.76. The van der Waals surface area contributed by atoms with Gasteiger partial charge in [0.2, 0.25) is 5.95 Å². The van der Waals surface area contributed by atoms with Crippen LogP contribution in [0.5, 0.6) is 0 Å². The summed E-state index contributed by atoms with van der Waals surface area (Å²) >= 11 is 1.61. The molecular weight excluding hydrogens is 248 g/mol. The van der Waals surface area contributed by atoms with Crippen LogP contribution in [0.3, 0.4) is 0 Å². The fourth-order valence-corrected chi connectivity index (χ4v) is 2.87. The van der Waals surface area contributed by atoms with E-state index in [9.17, 15) is 5.11 Å². The van der Waals surface area contributed by atoms with Gasteiger partial charge in [-0.05, 0) is 31.2 Å². The van der Waals surface area contributed by atoms with Gasteiger partial charge in [-0.2, -0.15) is 4.98 Å². The third-order valence-corrected chi connectivity index (χ3v) is 3.92. The van der Waals surface area contributed by atoms with E-state index in [1.54, 1.807) is 11.3 Å². The van der Waals surface area contributed by atoms with Gasteiger partial charge in [-0.25, -0.2) is 4.98 Å². The quantitative estimate of drug-likeness (QED) is 0.788. The lowest BCUT2D eigenvalue weighted by Crippen LogP contribution is -2.39. The molecule has 2 aromatic rings. The Bertz CT molecular complexity index is 550. The first-order valence-corrected chi connectivity index (χ1v) is 7.08. The topological polar surface area (TPSA) is 70.1 Å². The van der Waals surface area contributed by atoms with Gasteiger partial charge in [0.25, 0.3) is 0 Å². The van der Waals surface area contributed by atoms with Crippen molar-refractivity contribution < 1.29 is 5.11 Å². The summed E-state index contributed by atoms with van der Waals surface area (Å²) in [6.45, 7) is 2.83. The van der Waals surface area contributed by atoms with Crippen molar-refractivity contribution in [2.24, 2.45) is 0 Å². The Kier molecular flexibility index (Phi) is 3.05. The Hall–Kier alpha value is -1.40. The Morgan fingerprint density at radius 2 is 2.28 bits per heavy atom. The molecule has 1 saturated carbocycles. The molecule has 2 heterocycles. The SMILES string of the molecule is CCNc1nc(NC2CC(O)C2)c2ccsc2n1. The van der Waals surface area contributed by atoms with E-state index in [0.29, 0.717) is 12.0 Å². The number of fused-ring (bicyclic) bond motifs is 1. The molecule has 0 radical (unpaired) electrons. The normalized spacial score (nSPS) is 22.8. The monoisotopic (exact) mass is 264 g/mol. The van der Waals surface area contributed by atoms with Crippen molar-refractivity contribution >= 4 is 33.3 Å². The smallest absolute Gasteiger partial charge is 0.226 e. The number of aliphatic hydroxyl groups excluding tert-OH is 1. The molecule has 0 atom stereocenters. The molecule has 0 aromatic carbocycles. The highest BCUT2D eigenvalue weighted by molar-refractivity contribution is 7.16. The lowest BCUT2D eigenvalue weighted by Gasteiger charge is -2.32. The van der Waals surface area contributed by atoms with Crippen LogP contribution >= 0.6 is 11.3 Å². The van der Waals surface area contributed by atoms with E-state index in [1.165, 1.54) is 0 Å². The van der Waals surface area contributed by atoms with E-state index in [4.69, 9.17) is 0 Å². The molecule has 5 nitrogen and oxygen atoms in total. The lowest BCUT2D eigenvalue weighted by molar-refractivity contribution is 0.0836. The largest absolute Gasteiger partial charge is 0.393 e. The summed E-state index contributed by atoms with van der Waals surface area (Å²) < 4.78 is 0. The molecule has 1 aliphatic carbocycles. The van der Waals surface area contributed by atoms with Gasteiger partial charge in [0.1, 0.15) is 10.6 Å². The van der Waals surface area contributed by atoms with Crippen LogP contribution in [0.4, 0.5) is 11.8 Å². The van der Waals surface area contributed by atoms with Crippen molar-refractivity contribution in [3.05, 3.63) is 11.4 Å². The number of aromatic nitrogens is 2. The van der Waals surface area contributed by atoms with Crippen molar-refractivity contribution in [3.8, 4) is 0 Å². The summed E-state index contributed by atoms with van der Waals surface area (Å²) in [5.74, 6) is 1.53. The molecule has 0 unspecified atom stereocenters. The standard InChI is InChI=1S/C12H16N4OS/c1-2-13-12-15-10(14-7-5-8(17)6-7)9-3-4-18-11(9)16-12/h3-4,7-8,17H,2,5-6H2,1H3,(H2,13,14,15,16). The van der Waals surface area contributed by atoms with Gasteiger partial charge in [-0.3, -0.25) is 0 Å². The minimum absolute atomic E-state index is 0.157. The van der Waals surface area contributed by atoms with Gasteiger partial charge in [-0.15, -0.1) is 11.3 Å². The van der Waals surface area contributed by atoms with Crippen molar-refractivity contribution in [3.63, 3.8) is 0 Å². The number of hydrogen-bond acceptors (Lipinski definition) is 6. The average Bonchev–Trinajstić information content (AvgIpc) is 2.75. The summed E-state index contributed by atoms with van der Waals surface area (Å²) in [6, 6.07) is 2.36. The summed E-state index contributed by atoms with van der Waals surface area (Å²) in [5.41, 5.74) is 0. The highest BCUT2D eigenvalue weighted by Gasteiger charge is 2.27. The number of nitrogens with one attached hydrogen (secondary N) is 2. The van der Waals surface area contributed by atoms with Crippen molar-refractivity contribution in [1.29, 1.82) is 0 Å². The fraction of sp³-hybridized carbons (Fsp3) is 0.500. The Morgan fingerprint density at radius 3 is 3.00 bits per heavy atom. The lowest BCUT2D eigenvalue weighted by atomic mass is 9.89. The van der Waals surface area contributed by atoms with Crippen LogP contribution in [0.1, 0.15) is 19.8 Å². The Morgan fingerprint density at radius 1 is 1.44 bits per heavy atom. The van der Waals surface area contributed by atoms with Gasteiger partial charge in [0, 0.05) is 12.6 Å². The van der Waals surface area contributed by atoms with Crippen molar-refractivity contribution in [2.75, 3.05) is 17.2 Å². The zero-order chi connectivity index (χ0) is 12.5. The number of thiophene rings is 1. The highest BCUT2D eigenvalue weighted by Crippen LogP contribution is 2.30. The maximum atomic E-state index is 9.33. The van der Waals surface area contributed by atoms with Crippen LogP contribution in [-0.4, -0.2) is 33.8 Å². The molecule has 0 aliphatic heterocycles. The first-order valence-electron chi connectivity index (χ1n) is 6.20. The molecule has 2 aromatic heterocycles. The van der Waals surface area contributed by atoms with Gasteiger partial charge in [0.05, 0.1) is 11.5 Å². The molecule has 0 spiro atoms. The summed E-state index contributed by atoms with van der Waals surface area (Å²) in [7, 11) is 0. The number of rotatable bonds is 4. The predicted octanol–water partition coefficient (Wildman–Crippen LogP) is 2.06. The average molecular weight is 264 g/mol. The zero-order valence-electron chi connectivity index (χ0n) is 10.2. The van der Waals surface area contributed by atoms with Gasteiger partial charge in [-0.1, -0.05) is 0 Å². The molecule has 0 amide bonds. The van der Waals surface area contributed by atoms with Crippen molar-refractivity contribution in [1.82, 2.24) is 9.97 Å². The first kappa shape index (κ1) is 11.7. The molecule has 96 valence electrons. The molecule has 6 heteroatoms. The third kappa shape index (κ3) is 2.13. The number of hydrogen-bond donors (Lipinski definition) is 3. The van der Waals surface area contributed by atoms with E-state index in [2.05, 4.69) is 20.6 Å². The van der Waals surface area contributed by atoms with E-state index in [0.717, 1.165) is 35.4 Å². The number of aliphatic hydroxyl groups is 1. The van der Waals surface area contributed by atoms with Crippen molar-refractivity contribution in [2.45, 2.75) is 31.9 Å². The molecule has 1 aliphatic rings. The minimum atomic E-state index is -0.157. The zero-order valence-corrected chi connectivity index (χ0v) is 11.0. The molecule has 3 rings (SSSR count). The molecule has 0 saturated heterocycles. The fourth-order valence-electron chi connectivity index (χ4n) is 2.10. The van der Waals surface area contributed by atoms with Crippen LogP contribution in [-0.2, 0) is 0 Å². The van der Waals surface area contributed by atoms with Crippen LogP contribution in [0.25, 0.3) is 10.2 Å². The molecule has 3 N–H and O–H groups in total. The summed E-state index contributed by atoms with van der Waals surface area (Å²) in [4.78, 5) is 9.95. The Balaban J connectivity index is 1.90. The molecule has 18 heavy (non-hydrogen) atoms.